The summed E-state index contributed by atoms with van der Waals surface area (Å²) in [5, 5.41) is 5.33. The molecule has 2 N–H and O–H groups in total. The van der Waals surface area contributed by atoms with E-state index in [0.29, 0.717) is 11.4 Å². The molecular weight excluding hydrogens is 331 g/mol. The third-order valence-electron chi connectivity index (χ3n) is 3.31. The van der Waals surface area contributed by atoms with E-state index in [-0.39, 0.29) is 11.3 Å². The molecule has 0 unspecified atom stereocenters. The molecule has 4 nitrogen and oxygen atoms in total. The summed E-state index contributed by atoms with van der Waals surface area (Å²) in [4.78, 5) is 16.1. The number of amides is 1. The first-order valence-corrected chi connectivity index (χ1v) is 7.25. The number of benzene rings is 2. The zero-order valence-corrected chi connectivity index (χ0v) is 12.8. The molecule has 0 saturated heterocycles. The molecule has 7 heteroatoms. The first-order valence-electron chi connectivity index (χ1n) is 7.25. The van der Waals surface area contributed by atoms with Crippen molar-refractivity contribution >= 4 is 23.0 Å². The van der Waals surface area contributed by atoms with Gasteiger partial charge in [0.05, 0.1) is 23.1 Å². The van der Waals surface area contributed by atoms with Gasteiger partial charge in [-0.25, -0.2) is 13.2 Å². The van der Waals surface area contributed by atoms with Crippen molar-refractivity contribution in [3.8, 4) is 0 Å². The lowest BCUT2D eigenvalue weighted by molar-refractivity contribution is 0.102. The van der Waals surface area contributed by atoms with Crippen molar-refractivity contribution in [2.75, 3.05) is 10.6 Å². The van der Waals surface area contributed by atoms with Gasteiger partial charge in [0.1, 0.15) is 17.5 Å². The number of hydrogen-bond acceptors (Lipinski definition) is 3. The van der Waals surface area contributed by atoms with Gasteiger partial charge in [0.15, 0.2) is 0 Å². The highest BCUT2D eigenvalue weighted by molar-refractivity contribution is 6.04. The van der Waals surface area contributed by atoms with Crippen molar-refractivity contribution in [2.45, 2.75) is 0 Å². The Balaban J connectivity index is 1.76. The zero-order valence-electron chi connectivity index (χ0n) is 12.8. The number of halogens is 3. The van der Waals surface area contributed by atoms with Gasteiger partial charge >= 0.3 is 0 Å². The summed E-state index contributed by atoms with van der Waals surface area (Å²) in [5.74, 6) is -2.32. The molecule has 1 heterocycles. The van der Waals surface area contributed by atoms with Gasteiger partial charge in [-0.05, 0) is 42.5 Å². The SMILES string of the molecule is O=C(Nc1ccc(F)cc1)c1cncc(Nc2ccc(F)cc2F)c1. The second-order valence-corrected chi connectivity index (χ2v) is 5.17. The summed E-state index contributed by atoms with van der Waals surface area (Å²) >= 11 is 0. The van der Waals surface area contributed by atoms with E-state index in [0.717, 1.165) is 12.1 Å². The molecular formula is C18H12F3N3O. The monoisotopic (exact) mass is 343 g/mol. The number of carbonyl (C=O) groups is 1. The molecule has 0 fully saturated rings. The Kier molecular flexibility index (Phi) is 4.65. The molecule has 1 aromatic heterocycles. The van der Waals surface area contributed by atoms with E-state index in [1.807, 2.05) is 0 Å². The molecule has 3 aromatic rings. The molecule has 1 amide bonds. The fourth-order valence-electron chi connectivity index (χ4n) is 2.12. The average Bonchev–Trinajstić information content (AvgIpc) is 2.60. The first-order chi connectivity index (χ1) is 12.0. The molecule has 2 aromatic carbocycles. The van der Waals surface area contributed by atoms with Crippen molar-refractivity contribution in [3.63, 3.8) is 0 Å². The highest BCUT2D eigenvalue weighted by atomic mass is 19.1. The topological polar surface area (TPSA) is 54.0 Å². The van der Waals surface area contributed by atoms with E-state index in [2.05, 4.69) is 15.6 Å². The highest BCUT2D eigenvalue weighted by Crippen LogP contribution is 2.21. The molecule has 0 radical (unpaired) electrons. The van der Waals surface area contributed by atoms with Crippen molar-refractivity contribution in [3.05, 3.63) is 83.9 Å². The maximum atomic E-state index is 13.7. The quantitative estimate of drug-likeness (QED) is 0.734. The Hall–Kier alpha value is -3.35. The number of nitrogens with zero attached hydrogens (tertiary/aromatic N) is 1. The van der Waals surface area contributed by atoms with Crippen molar-refractivity contribution < 1.29 is 18.0 Å². The van der Waals surface area contributed by atoms with Crippen molar-refractivity contribution in [1.82, 2.24) is 4.98 Å². The Labute approximate surface area is 141 Å². The molecule has 0 saturated carbocycles. The molecule has 0 spiro atoms. The third-order valence-corrected chi connectivity index (χ3v) is 3.31. The van der Waals surface area contributed by atoms with Gasteiger partial charge < -0.3 is 10.6 Å². The number of nitrogens with one attached hydrogen (secondary N) is 2. The van der Waals surface area contributed by atoms with E-state index < -0.39 is 23.4 Å². The lowest BCUT2D eigenvalue weighted by atomic mass is 10.2. The molecule has 0 bridgehead atoms. The second kappa shape index (κ2) is 7.04. The summed E-state index contributed by atoms with van der Waals surface area (Å²) in [5.41, 5.74) is 1.06. The van der Waals surface area contributed by atoms with Crippen molar-refractivity contribution in [2.24, 2.45) is 0 Å². The fraction of sp³-hybridized carbons (Fsp3) is 0. The van der Waals surface area contributed by atoms with Crippen molar-refractivity contribution in [1.29, 1.82) is 0 Å². The summed E-state index contributed by atoms with van der Waals surface area (Å²) < 4.78 is 39.5. The number of rotatable bonds is 4. The van der Waals surface area contributed by atoms with Crippen LogP contribution in [-0.2, 0) is 0 Å². The minimum atomic E-state index is -0.763. The minimum absolute atomic E-state index is 0.0549. The Morgan fingerprint density at radius 3 is 2.28 bits per heavy atom. The van der Waals surface area contributed by atoms with Crippen LogP contribution in [0.15, 0.2) is 60.9 Å². The van der Waals surface area contributed by atoms with E-state index >= 15 is 0 Å². The van der Waals surface area contributed by atoms with Gasteiger partial charge in [-0.1, -0.05) is 0 Å². The molecule has 0 atom stereocenters. The smallest absolute Gasteiger partial charge is 0.257 e. The standard InChI is InChI=1S/C18H12F3N3O/c19-12-1-4-14(5-2-12)24-18(25)11-7-15(10-22-9-11)23-17-6-3-13(20)8-16(17)21/h1-10,23H,(H,24,25). The average molecular weight is 343 g/mol. The van der Waals surface area contributed by atoms with Gasteiger partial charge in [0.2, 0.25) is 0 Å². The number of aromatic nitrogens is 1. The molecule has 3 rings (SSSR count). The Bertz CT molecular complexity index is 914. The largest absolute Gasteiger partial charge is 0.352 e. The number of pyridine rings is 1. The number of carbonyl (C=O) groups excluding carboxylic acids is 1. The summed E-state index contributed by atoms with van der Waals surface area (Å²) in [6.45, 7) is 0. The maximum Gasteiger partial charge on any atom is 0.257 e. The Morgan fingerprint density at radius 1 is 0.840 bits per heavy atom. The van der Waals surface area contributed by atoms with E-state index in [1.54, 1.807) is 0 Å². The molecule has 25 heavy (non-hydrogen) atoms. The van der Waals surface area contributed by atoms with Gasteiger partial charge in [0, 0.05) is 18.0 Å². The van der Waals surface area contributed by atoms with Crippen LogP contribution in [0.25, 0.3) is 0 Å². The second-order valence-electron chi connectivity index (χ2n) is 5.17. The van der Waals surface area contributed by atoms with Crippen LogP contribution in [0.3, 0.4) is 0 Å². The van der Waals surface area contributed by atoms with E-state index in [9.17, 15) is 18.0 Å². The summed E-state index contributed by atoms with van der Waals surface area (Å²) in [6, 6.07) is 9.88. The lowest BCUT2D eigenvalue weighted by Gasteiger charge is -2.09. The van der Waals surface area contributed by atoms with Crippen LogP contribution in [0, 0.1) is 17.5 Å². The van der Waals surface area contributed by atoms with Crippen LogP contribution in [0.1, 0.15) is 10.4 Å². The maximum absolute atomic E-state index is 13.7. The zero-order chi connectivity index (χ0) is 17.8. The first kappa shape index (κ1) is 16.5. The lowest BCUT2D eigenvalue weighted by Crippen LogP contribution is -2.12. The van der Waals surface area contributed by atoms with Crippen LogP contribution in [0.5, 0.6) is 0 Å². The van der Waals surface area contributed by atoms with Gasteiger partial charge in [0.25, 0.3) is 5.91 Å². The molecule has 0 aliphatic heterocycles. The predicted octanol–water partition coefficient (Wildman–Crippen LogP) is 4.49. The van der Waals surface area contributed by atoms with Crippen LogP contribution in [0.2, 0.25) is 0 Å². The van der Waals surface area contributed by atoms with E-state index in [4.69, 9.17) is 0 Å². The highest BCUT2D eigenvalue weighted by Gasteiger charge is 2.09. The number of anilines is 3. The van der Waals surface area contributed by atoms with Crippen LogP contribution >= 0.6 is 0 Å². The van der Waals surface area contributed by atoms with E-state index in [1.165, 1.54) is 48.8 Å². The number of hydrogen-bond donors (Lipinski definition) is 2. The molecule has 126 valence electrons. The fourth-order valence-corrected chi connectivity index (χ4v) is 2.12. The summed E-state index contributed by atoms with van der Waals surface area (Å²) in [7, 11) is 0. The predicted molar refractivity (Wildman–Crippen MR) is 88.2 cm³/mol. The minimum Gasteiger partial charge on any atom is -0.352 e. The van der Waals surface area contributed by atoms with Crippen LogP contribution in [0.4, 0.5) is 30.2 Å². The van der Waals surface area contributed by atoms with Gasteiger partial charge in [-0.3, -0.25) is 9.78 Å². The van der Waals surface area contributed by atoms with Crippen LogP contribution in [-0.4, -0.2) is 10.9 Å². The molecule has 0 aliphatic carbocycles. The van der Waals surface area contributed by atoms with Crippen LogP contribution < -0.4 is 10.6 Å². The van der Waals surface area contributed by atoms with Gasteiger partial charge in [-0.2, -0.15) is 0 Å². The Morgan fingerprint density at radius 2 is 1.56 bits per heavy atom. The summed E-state index contributed by atoms with van der Waals surface area (Å²) in [6.07, 6.45) is 2.74. The third kappa shape index (κ3) is 4.14. The normalized spacial score (nSPS) is 10.4. The van der Waals surface area contributed by atoms with Gasteiger partial charge in [-0.15, -0.1) is 0 Å². The molecule has 0 aliphatic rings.